The van der Waals surface area contributed by atoms with Crippen molar-refractivity contribution in [1.82, 2.24) is 10.2 Å². The fraction of sp³-hybridized carbons (Fsp3) is 0.333. The normalized spacial score (nSPS) is 12.6. The van der Waals surface area contributed by atoms with Gasteiger partial charge in [0.1, 0.15) is 0 Å². The van der Waals surface area contributed by atoms with Crippen LogP contribution in [0, 0.1) is 0 Å². The number of nitrogens with two attached hydrogens (primary N) is 2. The number of hydrazine groups is 1. The fourth-order valence-corrected chi connectivity index (χ4v) is 2.38. The van der Waals surface area contributed by atoms with Crippen LogP contribution in [0.3, 0.4) is 0 Å². The van der Waals surface area contributed by atoms with E-state index in [0.717, 1.165) is 28.6 Å². The lowest BCUT2D eigenvalue weighted by molar-refractivity contribution is 0.675. The number of anilines is 1. The Hall–Kier alpha value is -1.37. The summed E-state index contributed by atoms with van der Waals surface area (Å²) in [7, 11) is 0. The minimum Gasteiger partial charge on any atom is -0.323 e. The number of benzene rings is 1. The molecule has 0 aliphatic rings. The van der Waals surface area contributed by atoms with Crippen LogP contribution in [0.1, 0.15) is 18.2 Å². The highest BCUT2D eigenvalue weighted by Crippen LogP contribution is 2.26. The third kappa shape index (κ3) is 2.55. The van der Waals surface area contributed by atoms with E-state index in [4.69, 9.17) is 11.6 Å². The van der Waals surface area contributed by atoms with E-state index in [-0.39, 0.29) is 6.04 Å². The molecule has 96 valence electrons. The zero-order chi connectivity index (χ0) is 13.0. The van der Waals surface area contributed by atoms with Crippen molar-refractivity contribution in [2.24, 2.45) is 11.6 Å². The van der Waals surface area contributed by atoms with E-state index < -0.39 is 0 Å². The molecule has 0 radical (unpaired) electrons. The summed E-state index contributed by atoms with van der Waals surface area (Å²) in [6.45, 7) is 0. The first-order valence-electron chi connectivity index (χ1n) is 5.74. The van der Waals surface area contributed by atoms with Gasteiger partial charge in [-0.1, -0.05) is 24.3 Å². The van der Waals surface area contributed by atoms with Gasteiger partial charge in [-0.2, -0.15) is 16.9 Å². The Kier molecular flexibility index (Phi) is 4.35. The molecule has 0 bridgehead atoms. The van der Waals surface area contributed by atoms with Crippen LogP contribution in [0.4, 0.5) is 5.82 Å². The van der Waals surface area contributed by atoms with Crippen LogP contribution in [0.2, 0.25) is 0 Å². The lowest BCUT2D eigenvalue weighted by Crippen LogP contribution is -2.16. The van der Waals surface area contributed by atoms with Gasteiger partial charge >= 0.3 is 0 Å². The maximum Gasteiger partial charge on any atom is 0.170 e. The predicted molar refractivity (Wildman–Crippen MR) is 77.3 cm³/mol. The first-order chi connectivity index (χ1) is 8.77. The molecule has 1 unspecified atom stereocenters. The summed E-state index contributed by atoms with van der Waals surface area (Å²) >= 11 is 1.78. The third-order valence-corrected chi connectivity index (χ3v) is 3.48. The Bertz CT molecular complexity index is 531. The van der Waals surface area contributed by atoms with Crippen LogP contribution in [0.25, 0.3) is 10.8 Å². The average molecular weight is 263 g/mol. The van der Waals surface area contributed by atoms with Gasteiger partial charge in [0.05, 0.1) is 11.7 Å². The summed E-state index contributed by atoms with van der Waals surface area (Å²) in [6.07, 6.45) is 2.95. The van der Waals surface area contributed by atoms with Crippen LogP contribution in [-0.2, 0) is 0 Å². The monoisotopic (exact) mass is 263 g/mol. The summed E-state index contributed by atoms with van der Waals surface area (Å²) in [5.41, 5.74) is 9.56. The summed E-state index contributed by atoms with van der Waals surface area (Å²) in [6, 6.07) is 7.78. The minimum absolute atomic E-state index is 0.0957. The molecular weight excluding hydrogens is 246 g/mol. The maximum atomic E-state index is 6.17. The molecule has 0 aliphatic carbocycles. The van der Waals surface area contributed by atoms with Gasteiger partial charge in [0.15, 0.2) is 5.82 Å². The zero-order valence-electron chi connectivity index (χ0n) is 10.3. The Morgan fingerprint density at radius 1 is 1.28 bits per heavy atom. The molecule has 5 N–H and O–H groups in total. The van der Waals surface area contributed by atoms with Crippen molar-refractivity contribution in [2.45, 2.75) is 12.5 Å². The summed E-state index contributed by atoms with van der Waals surface area (Å²) < 4.78 is 0. The van der Waals surface area contributed by atoms with Crippen LogP contribution < -0.4 is 17.0 Å². The van der Waals surface area contributed by atoms with Gasteiger partial charge in [0, 0.05) is 10.8 Å². The molecule has 0 fully saturated rings. The molecule has 2 rings (SSSR count). The highest BCUT2D eigenvalue weighted by atomic mass is 32.2. The Balaban J connectivity index is 2.45. The summed E-state index contributed by atoms with van der Waals surface area (Å²) in [5, 5.41) is 10.2. The number of hydrogen-bond acceptors (Lipinski definition) is 6. The highest BCUT2D eigenvalue weighted by molar-refractivity contribution is 7.98. The molecule has 1 heterocycles. The van der Waals surface area contributed by atoms with E-state index in [9.17, 15) is 0 Å². The molecule has 0 spiro atoms. The highest BCUT2D eigenvalue weighted by Gasteiger charge is 2.14. The first kappa shape index (κ1) is 13.1. The lowest BCUT2D eigenvalue weighted by atomic mass is 10.0. The van der Waals surface area contributed by atoms with Crippen molar-refractivity contribution in [2.75, 3.05) is 17.4 Å². The summed E-state index contributed by atoms with van der Waals surface area (Å²) in [5.74, 6) is 7.02. The first-order valence-corrected chi connectivity index (χ1v) is 7.13. The van der Waals surface area contributed by atoms with Crippen molar-refractivity contribution < 1.29 is 0 Å². The molecule has 0 saturated heterocycles. The molecular formula is C12H17N5S. The van der Waals surface area contributed by atoms with Gasteiger partial charge in [-0.3, -0.25) is 0 Å². The van der Waals surface area contributed by atoms with E-state index in [2.05, 4.69) is 21.9 Å². The largest absolute Gasteiger partial charge is 0.323 e. The zero-order valence-corrected chi connectivity index (χ0v) is 11.1. The molecule has 1 atom stereocenters. The second-order valence-corrected chi connectivity index (χ2v) is 5.00. The van der Waals surface area contributed by atoms with E-state index in [1.807, 2.05) is 24.3 Å². The third-order valence-electron chi connectivity index (χ3n) is 2.84. The molecule has 0 aliphatic heterocycles. The second kappa shape index (κ2) is 5.99. The molecule has 1 aromatic carbocycles. The van der Waals surface area contributed by atoms with Gasteiger partial charge in [-0.15, -0.1) is 5.10 Å². The number of hydrogen-bond donors (Lipinski definition) is 3. The Morgan fingerprint density at radius 3 is 2.67 bits per heavy atom. The van der Waals surface area contributed by atoms with Crippen LogP contribution in [0.15, 0.2) is 24.3 Å². The van der Waals surface area contributed by atoms with E-state index >= 15 is 0 Å². The number of aromatic nitrogens is 2. The molecule has 5 nitrogen and oxygen atoms in total. The number of fused-ring (bicyclic) bond motifs is 1. The maximum absolute atomic E-state index is 6.17. The Morgan fingerprint density at radius 2 is 2.00 bits per heavy atom. The van der Waals surface area contributed by atoms with Gasteiger partial charge < -0.3 is 11.2 Å². The van der Waals surface area contributed by atoms with Gasteiger partial charge in [0.25, 0.3) is 0 Å². The quantitative estimate of drug-likeness (QED) is 0.561. The fourth-order valence-electron chi connectivity index (χ4n) is 1.89. The van der Waals surface area contributed by atoms with Crippen LogP contribution in [-0.4, -0.2) is 22.2 Å². The van der Waals surface area contributed by atoms with Crippen molar-refractivity contribution >= 4 is 28.4 Å². The molecule has 0 amide bonds. The van der Waals surface area contributed by atoms with Crippen molar-refractivity contribution in [3.63, 3.8) is 0 Å². The smallest absolute Gasteiger partial charge is 0.170 e. The van der Waals surface area contributed by atoms with Gasteiger partial charge in [0.2, 0.25) is 0 Å². The van der Waals surface area contributed by atoms with Crippen molar-refractivity contribution in [1.29, 1.82) is 0 Å². The summed E-state index contributed by atoms with van der Waals surface area (Å²) in [4.78, 5) is 0. The second-order valence-electron chi connectivity index (χ2n) is 4.01. The molecule has 6 heteroatoms. The van der Waals surface area contributed by atoms with Crippen molar-refractivity contribution in [3.05, 3.63) is 30.0 Å². The standard InChI is InChI=1S/C12H17N5S/c1-18-7-6-10(13)11-8-4-2-3-5-9(8)12(15-14)17-16-11/h2-5,10H,6-7,13-14H2,1H3,(H,15,17). The van der Waals surface area contributed by atoms with Crippen molar-refractivity contribution in [3.8, 4) is 0 Å². The number of thioether (sulfide) groups is 1. The number of rotatable bonds is 5. The Labute approximate surface area is 110 Å². The number of nitrogen functional groups attached to an aromatic ring is 1. The van der Waals surface area contributed by atoms with Gasteiger partial charge in [-0.25, -0.2) is 5.84 Å². The molecule has 18 heavy (non-hydrogen) atoms. The average Bonchev–Trinajstić information content (AvgIpc) is 2.43. The number of nitrogens with one attached hydrogen (secondary N) is 1. The SMILES string of the molecule is CSCCC(N)c1nnc(NN)c2ccccc12. The van der Waals surface area contributed by atoms with E-state index in [0.29, 0.717) is 5.82 Å². The van der Waals surface area contributed by atoms with Gasteiger partial charge in [-0.05, 0) is 18.4 Å². The lowest BCUT2D eigenvalue weighted by Gasteiger charge is -2.13. The topological polar surface area (TPSA) is 89.8 Å². The molecule has 1 aromatic heterocycles. The van der Waals surface area contributed by atoms with E-state index in [1.54, 1.807) is 11.8 Å². The molecule has 0 saturated carbocycles. The van der Waals surface area contributed by atoms with Crippen LogP contribution in [0.5, 0.6) is 0 Å². The van der Waals surface area contributed by atoms with Crippen LogP contribution >= 0.6 is 11.8 Å². The minimum atomic E-state index is -0.0957. The molecule has 2 aromatic rings. The number of nitrogens with zero attached hydrogens (tertiary/aromatic N) is 2. The predicted octanol–water partition coefficient (Wildman–Crippen LogP) is 1.67. The van der Waals surface area contributed by atoms with E-state index in [1.165, 1.54) is 0 Å².